The van der Waals surface area contributed by atoms with E-state index in [1.54, 1.807) is 12.1 Å². The lowest BCUT2D eigenvalue weighted by atomic mass is 10.0. The van der Waals surface area contributed by atoms with E-state index in [2.05, 4.69) is 5.32 Å². The summed E-state index contributed by atoms with van der Waals surface area (Å²) in [7, 11) is -3.66. The third-order valence-electron chi connectivity index (χ3n) is 4.21. The van der Waals surface area contributed by atoms with Crippen LogP contribution in [0.1, 0.15) is 24.4 Å². The fourth-order valence-electron chi connectivity index (χ4n) is 2.79. The van der Waals surface area contributed by atoms with E-state index in [-0.39, 0.29) is 22.4 Å². The van der Waals surface area contributed by atoms with Gasteiger partial charge in [0.15, 0.2) is 9.84 Å². The van der Waals surface area contributed by atoms with Gasteiger partial charge in [0, 0.05) is 18.4 Å². The molecule has 1 saturated carbocycles. The van der Waals surface area contributed by atoms with Crippen molar-refractivity contribution < 1.29 is 17.7 Å². The molecular weight excluding hydrogens is 347 g/mol. The summed E-state index contributed by atoms with van der Waals surface area (Å²) in [5.74, 6) is -0.0291. The normalized spacial score (nSPS) is 15.6. The van der Waals surface area contributed by atoms with Crippen molar-refractivity contribution in [3.63, 3.8) is 0 Å². The van der Waals surface area contributed by atoms with E-state index in [9.17, 15) is 22.9 Å². The molecule has 1 aliphatic rings. The van der Waals surface area contributed by atoms with Gasteiger partial charge in [-0.15, -0.1) is 0 Å². The third-order valence-corrected chi connectivity index (χ3v) is 5.35. The van der Waals surface area contributed by atoms with E-state index < -0.39 is 14.8 Å². The number of hydrogen-bond donors (Lipinski definition) is 1. The van der Waals surface area contributed by atoms with Gasteiger partial charge in [-0.25, -0.2) is 12.8 Å². The van der Waals surface area contributed by atoms with Gasteiger partial charge in [-0.1, -0.05) is 12.1 Å². The van der Waals surface area contributed by atoms with Crippen molar-refractivity contribution in [2.24, 2.45) is 5.92 Å². The third kappa shape index (κ3) is 3.96. The van der Waals surface area contributed by atoms with Gasteiger partial charge in [0.25, 0.3) is 5.69 Å². The zero-order valence-corrected chi connectivity index (χ0v) is 14.3. The summed E-state index contributed by atoms with van der Waals surface area (Å²) in [6.07, 6.45) is 2.98. The predicted octanol–water partition coefficient (Wildman–Crippen LogP) is 3.70. The Morgan fingerprint density at radius 1 is 1.20 bits per heavy atom. The Balaban J connectivity index is 2.00. The number of rotatable bonds is 6. The molecule has 0 bridgehead atoms. The van der Waals surface area contributed by atoms with Gasteiger partial charge in [0.1, 0.15) is 5.82 Å². The summed E-state index contributed by atoms with van der Waals surface area (Å²) in [6.45, 7) is 0. The lowest BCUT2D eigenvalue weighted by molar-refractivity contribution is -0.385. The fraction of sp³-hybridized carbons (Fsp3) is 0.294. The number of nitrogens with zero attached hydrogens (tertiary/aromatic N) is 1. The van der Waals surface area contributed by atoms with Crippen LogP contribution in [0.4, 0.5) is 15.8 Å². The van der Waals surface area contributed by atoms with Gasteiger partial charge >= 0.3 is 0 Å². The van der Waals surface area contributed by atoms with Crippen LogP contribution in [0.2, 0.25) is 0 Å². The quantitative estimate of drug-likeness (QED) is 0.623. The molecule has 1 atom stereocenters. The Kier molecular flexibility index (Phi) is 4.47. The average molecular weight is 364 g/mol. The Labute approximate surface area is 144 Å². The SMILES string of the molecule is CS(=O)(=O)c1cc([N+](=O)[O-])ccc1NC(c1ccc(F)cc1)C1CC1. The van der Waals surface area contributed by atoms with Crippen molar-refractivity contribution >= 4 is 21.2 Å². The molecule has 0 aliphatic heterocycles. The highest BCUT2D eigenvalue weighted by atomic mass is 32.2. The molecule has 0 spiro atoms. The molecule has 0 radical (unpaired) electrons. The van der Waals surface area contributed by atoms with Crippen LogP contribution in [0.15, 0.2) is 47.4 Å². The summed E-state index contributed by atoms with van der Waals surface area (Å²) in [4.78, 5) is 10.2. The summed E-state index contributed by atoms with van der Waals surface area (Å²) in [5, 5.41) is 14.1. The Hall–Kier alpha value is -2.48. The van der Waals surface area contributed by atoms with Crippen LogP contribution in [0.5, 0.6) is 0 Å². The minimum absolute atomic E-state index is 0.116. The van der Waals surface area contributed by atoms with E-state index in [0.29, 0.717) is 11.6 Å². The first-order valence-corrected chi connectivity index (χ1v) is 9.65. The highest BCUT2D eigenvalue weighted by Crippen LogP contribution is 2.43. The minimum atomic E-state index is -3.66. The number of hydrogen-bond acceptors (Lipinski definition) is 5. The molecule has 0 heterocycles. The largest absolute Gasteiger partial charge is 0.377 e. The van der Waals surface area contributed by atoms with Crippen molar-refractivity contribution in [1.29, 1.82) is 0 Å². The van der Waals surface area contributed by atoms with Crippen LogP contribution < -0.4 is 5.32 Å². The highest BCUT2D eigenvalue weighted by molar-refractivity contribution is 7.90. The molecule has 2 aromatic rings. The van der Waals surface area contributed by atoms with Crippen molar-refractivity contribution in [2.75, 3.05) is 11.6 Å². The maximum Gasteiger partial charge on any atom is 0.270 e. The molecule has 1 N–H and O–H groups in total. The van der Waals surface area contributed by atoms with Crippen LogP contribution in [0.25, 0.3) is 0 Å². The van der Waals surface area contributed by atoms with Gasteiger partial charge in [-0.3, -0.25) is 10.1 Å². The second-order valence-corrected chi connectivity index (χ2v) is 8.20. The minimum Gasteiger partial charge on any atom is -0.377 e. The first kappa shape index (κ1) is 17.3. The maximum absolute atomic E-state index is 13.2. The van der Waals surface area contributed by atoms with Crippen molar-refractivity contribution in [2.45, 2.75) is 23.8 Å². The number of anilines is 1. The summed E-state index contributed by atoms with van der Waals surface area (Å²) in [5.41, 5.74) is 0.881. The van der Waals surface area contributed by atoms with Gasteiger partial charge in [-0.2, -0.15) is 0 Å². The zero-order valence-electron chi connectivity index (χ0n) is 13.5. The smallest absolute Gasteiger partial charge is 0.270 e. The lowest BCUT2D eigenvalue weighted by Crippen LogP contribution is -2.15. The van der Waals surface area contributed by atoms with Crippen LogP contribution >= 0.6 is 0 Å². The summed E-state index contributed by atoms with van der Waals surface area (Å²) in [6, 6.07) is 9.61. The number of halogens is 1. The van der Waals surface area contributed by atoms with Gasteiger partial charge in [0.05, 0.1) is 21.5 Å². The van der Waals surface area contributed by atoms with Crippen LogP contribution in [-0.4, -0.2) is 19.6 Å². The van der Waals surface area contributed by atoms with Gasteiger partial charge < -0.3 is 5.32 Å². The molecule has 1 aliphatic carbocycles. The predicted molar refractivity (Wildman–Crippen MR) is 91.7 cm³/mol. The number of nitrogens with one attached hydrogen (secondary N) is 1. The molecule has 0 amide bonds. The van der Waals surface area contributed by atoms with Crippen LogP contribution in [0, 0.1) is 21.8 Å². The van der Waals surface area contributed by atoms with E-state index in [4.69, 9.17) is 0 Å². The zero-order chi connectivity index (χ0) is 18.2. The molecule has 6 nitrogen and oxygen atoms in total. The highest BCUT2D eigenvalue weighted by Gasteiger charge is 2.33. The first-order valence-electron chi connectivity index (χ1n) is 7.76. The monoisotopic (exact) mass is 364 g/mol. The van der Waals surface area contributed by atoms with Crippen molar-refractivity contribution in [1.82, 2.24) is 0 Å². The van der Waals surface area contributed by atoms with Crippen molar-refractivity contribution in [3.8, 4) is 0 Å². The molecule has 1 unspecified atom stereocenters. The number of sulfone groups is 1. The van der Waals surface area contributed by atoms with E-state index in [0.717, 1.165) is 30.7 Å². The van der Waals surface area contributed by atoms with E-state index >= 15 is 0 Å². The molecule has 25 heavy (non-hydrogen) atoms. The molecular formula is C17H17FN2O4S. The standard InChI is InChI=1S/C17H17FN2O4S/c1-25(23,24)16-10-14(20(21)22)8-9-15(16)19-17(11-2-3-11)12-4-6-13(18)7-5-12/h4-11,17,19H,2-3H2,1H3. The van der Waals surface area contributed by atoms with Gasteiger partial charge in [0.2, 0.25) is 0 Å². The molecule has 132 valence electrons. The number of nitro groups is 1. The Bertz CT molecular complexity index is 909. The Morgan fingerprint density at radius 3 is 2.36 bits per heavy atom. The van der Waals surface area contributed by atoms with E-state index in [1.165, 1.54) is 24.3 Å². The number of nitro benzene ring substituents is 1. The average Bonchev–Trinajstić information content (AvgIpc) is 3.37. The second kappa shape index (κ2) is 6.44. The molecule has 2 aromatic carbocycles. The topological polar surface area (TPSA) is 89.3 Å². The number of non-ortho nitro benzene ring substituents is 1. The second-order valence-electron chi connectivity index (χ2n) is 6.22. The first-order chi connectivity index (χ1) is 11.8. The Morgan fingerprint density at radius 2 is 1.84 bits per heavy atom. The molecule has 1 fully saturated rings. The number of benzene rings is 2. The molecule has 0 aromatic heterocycles. The molecule has 8 heteroatoms. The van der Waals surface area contributed by atoms with Crippen molar-refractivity contribution in [3.05, 3.63) is 64.0 Å². The van der Waals surface area contributed by atoms with Gasteiger partial charge in [-0.05, 0) is 42.5 Å². The molecule has 3 rings (SSSR count). The fourth-order valence-corrected chi connectivity index (χ4v) is 3.65. The summed E-state index contributed by atoms with van der Waals surface area (Å²) >= 11 is 0. The maximum atomic E-state index is 13.2. The van der Waals surface area contributed by atoms with Crippen LogP contribution in [0.3, 0.4) is 0 Å². The molecule has 0 saturated heterocycles. The van der Waals surface area contributed by atoms with E-state index in [1.807, 2.05) is 0 Å². The summed E-state index contributed by atoms with van der Waals surface area (Å²) < 4.78 is 37.3. The lowest BCUT2D eigenvalue weighted by Gasteiger charge is -2.21. The van der Waals surface area contributed by atoms with Crippen LogP contribution in [-0.2, 0) is 9.84 Å².